The lowest BCUT2D eigenvalue weighted by molar-refractivity contribution is -0.117. The quantitative estimate of drug-likeness (QED) is 0.430. The summed E-state index contributed by atoms with van der Waals surface area (Å²) in [5.74, 6) is 0.0539. The second kappa shape index (κ2) is 9.23. The molecule has 0 bridgehead atoms. The molecule has 0 aliphatic carbocycles. The number of amides is 2. The topological polar surface area (TPSA) is 108 Å². The van der Waals surface area contributed by atoms with Crippen molar-refractivity contribution in [1.82, 2.24) is 24.5 Å². The molecule has 0 saturated carbocycles. The molecular weight excluding hydrogens is 430 g/mol. The number of aromatic nitrogens is 4. The van der Waals surface area contributed by atoms with Crippen molar-refractivity contribution in [3.05, 3.63) is 64.4 Å². The lowest BCUT2D eigenvalue weighted by atomic mass is 10.2. The highest BCUT2D eigenvalue weighted by Gasteiger charge is 2.18. The van der Waals surface area contributed by atoms with Gasteiger partial charge in [-0.1, -0.05) is 30.8 Å². The minimum atomic E-state index is -0.494. The highest BCUT2D eigenvalue weighted by molar-refractivity contribution is 7.99. The number of ether oxygens (including phenoxy) is 1. The number of thioether (sulfide) groups is 1. The summed E-state index contributed by atoms with van der Waals surface area (Å²) in [5, 5.41) is 11.8. The van der Waals surface area contributed by atoms with Crippen molar-refractivity contribution in [3.63, 3.8) is 0 Å². The molecule has 0 radical (unpaired) electrons. The molecule has 4 aromatic rings. The van der Waals surface area contributed by atoms with Gasteiger partial charge in [0.05, 0.1) is 23.8 Å². The Hall–Kier alpha value is -3.66. The number of rotatable bonds is 7. The minimum Gasteiger partial charge on any atom is -0.497 e. The summed E-state index contributed by atoms with van der Waals surface area (Å²) in [6, 6.07) is 13.7. The first-order valence-electron chi connectivity index (χ1n) is 10.0. The molecule has 0 unspecified atom stereocenters. The summed E-state index contributed by atoms with van der Waals surface area (Å²) in [7, 11) is 1.54. The number of fused-ring (bicyclic) bond motifs is 3. The van der Waals surface area contributed by atoms with Crippen LogP contribution in [0.15, 0.2) is 58.5 Å². The van der Waals surface area contributed by atoms with Crippen molar-refractivity contribution >= 4 is 40.3 Å². The van der Waals surface area contributed by atoms with Gasteiger partial charge in [0.1, 0.15) is 5.75 Å². The van der Waals surface area contributed by atoms with Crippen molar-refractivity contribution in [2.45, 2.75) is 25.0 Å². The molecule has 10 heteroatoms. The first kappa shape index (κ1) is 21.6. The average Bonchev–Trinajstić information content (AvgIpc) is 3.24. The number of carbonyl (C=O) groups excluding carboxylic acids is 2. The molecule has 1 N–H and O–H groups in total. The number of para-hydroxylation sites is 1. The van der Waals surface area contributed by atoms with E-state index in [-0.39, 0.29) is 11.3 Å². The van der Waals surface area contributed by atoms with E-state index in [1.165, 1.54) is 7.11 Å². The van der Waals surface area contributed by atoms with Crippen LogP contribution in [0.4, 0.5) is 0 Å². The molecule has 4 rings (SSSR count). The van der Waals surface area contributed by atoms with E-state index in [2.05, 4.69) is 15.5 Å². The van der Waals surface area contributed by atoms with Crippen molar-refractivity contribution in [3.8, 4) is 5.75 Å². The number of hydrogen-bond acceptors (Lipinski definition) is 7. The summed E-state index contributed by atoms with van der Waals surface area (Å²) in [6.07, 6.45) is 0.763. The first-order chi connectivity index (χ1) is 15.5. The fourth-order valence-electron chi connectivity index (χ4n) is 3.36. The second-order valence-corrected chi connectivity index (χ2v) is 7.93. The van der Waals surface area contributed by atoms with Gasteiger partial charge < -0.3 is 4.74 Å². The summed E-state index contributed by atoms with van der Waals surface area (Å²) >= 11 is 1.15. The Bertz CT molecular complexity index is 1360. The summed E-state index contributed by atoms with van der Waals surface area (Å²) in [6.45, 7) is 2.49. The number of carbonyl (C=O) groups is 2. The van der Waals surface area contributed by atoms with Crippen molar-refractivity contribution in [2.24, 2.45) is 0 Å². The summed E-state index contributed by atoms with van der Waals surface area (Å²) in [4.78, 5) is 37.6. The van der Waals surface area contributed by atoms with Gasteiger partial charge in [0.2, 0.25) is 11.7 Å². The van der Waals surface area contributed by atoms with Gasteiger partial charge in [-0.2, -0.15) is 0 Å². The van der Waals surface area contributed by atoms with Crippen LogP contribution in [0.5, 0.6) is 5.75 Å². The Labute approximate surface area is 187 Å². The van der Waals surface area contributed by atoms with Crippen LogP contribution in [0.25, 0.3) is 16.7 Å². The fraction of sp³-hybridized carbons (Fsp3) is 0.227. The highest BCUT2D eigenvalue weighted by atomic mass is 32.2. The van der Waals surface area contributed by atoms with Crippen LogP contribution in [-0.2, 0) is 11.3 Å². The Morgan fingerprint density at radius 3 is 2.56 bits per heavy atom. The largest absolute Gasteiger partial charge is 0.497 e. The van der Waals surface area contributed by atoms with Gasteiger partial charge in [0.15, 0.2) is 5.16 Å². The van der Waals surface area contributed by atoms with Crippen LogP contribution < -0.4 is 15.6 Å². The van der Waals surface area contributed by atoms with E-state index in [1.54, 1.807) is 45.4 Å². The normalized spacial score (nSPS) is 11.1. The molecule has 0 fully saturated rings. The Balaban J connectivity index is 1.56. The third kappa shape index (κ3) is 4.09. The molecule has 32 heavy (non-hydrogen) atoms. The maximum absolute atomic E-state index is 12.9. The predicted octanol–water partition coefficient (Wildman–Crippen LogP) is 2.51. The number of aryl methyl sites for hydroxylation is 1. The molecule has 0 aliphatic rings. The van der Waals surface area contributed by atoms with Crippen LogP contribution in [0.1, 0.15) is 23.7 Å². The van der Waals surface area contributed by atoms with Crippen molar-refractivity contribution < 1.29 is 14.3 Å². The van der Waals surface area contributed by atoms with Crippen LogP contribution in [0.2, 0.25) is 0 Å². The Morgan fingerprint density at radius 1 is 1.09 bits per heavy atom. The molecular formula is C22H21N5O4S. The highest BCUT2D eigenvalue weighted by Crippen LogP contribution is 2.21. The van der Waals surface area contributed by atoms with E-state index in [0.29, 0.717) is 39.7 Å². The number of nitrogens with zero attached hydrogens (tertiary/aromatic N) is 4. The SMILES string of the molecule is CCCn1c(=O)c2ccccc2n2c(SCC(=O)NC(=O)c3ccc(OC)cc3)nnc12. The minimum absolute atomic E-state index is 0.0378. The lowest BCUT2D eigenvalue weighted by Crippen LogP contribution is -2.31. The molecule has 2 aromatic heterocycles. The number of imide groups is 1. The van der Waals surface area contributed by atoms with Gasteiger partial charge in [-0.25, -0.2) is 0 Å². The second-order valence-electron chi connectivity index (χ2n) is 6.99. The van der Waals surface area contributed by atoms with Crippen LogP contribution in [0.3, 0.4) is 0 Å². The zero-order valence-electron chi connectivity index (χ0n) is 17.6. The van der Waals surface area contributed by atoms with E-state index < -0.39 is 11.8 Å². The van der Waals surface area contributed by atoms with Crippen LogP contribution in [0, 0.1) is 0 Å². The Kier molecular flexibility index (Phi) is 6.22. The molecule has 2 amide bonds. The summed E-state index contributed by atoms with van der Waals surface area (Å²) in [5.41, 5.74) is 0.899. The van der Waals surface area contributed by atoms with Gasteiger partial charge in [-0.15, -0.1) is 10.2 Å². The number of nitrogens with one attached hydrogen (secondary N) is 1. The van der Waals surface area contributed by atoms with E-state index in [0.717, 1.165) is 18.2 Å². The monoisotopic (exact) mass is 451 g/mol. The van der Waals surface area contributed by atoms with E-state index in [9.17, 15) is 14.4 Å². The molecule has 0 saturated heterocycles. The van der Waals surface area contributed by atoms with E-state index >= 15 is 0 Å². The van der Waals surface area contributed by atoms with E-state index in [4.69, 9.17) is 4.74 Å². The third-order valence-electron chi connectivity index (χ3n) is 4.86. The van der Waals surface area contributed by atoms with Gasteiger partial charge >= 0.3 is 0 Å². The van der Waals surface area contributed by atoms with Crippen molar-refractivity contribution in [1.29, 1.82) is 0 Å². The van der Waals surface area contributed by atoms with Gasteiger partial charge in [0, 0.05) is 12.1 Å². The van der Waals surface area contributed by atoms with Crippen LogP contribution >= 0.6 is 11.8 Å². The van der Waals surface area contributed by atoms with Crippen LogP contribution in [-0.4, -0.2) is 43.8 Å². The molecule has 9 nitrogen and oxygen atoms in total. The van der Waals surface area contributed by atoms with Gasteiger partial charge in [-0.3, -0.25) is 28.7 Å². The summed E-state index contributed by atoms with van der Waals surface area (Å²) < 4.78 is 8.43. The number of benzene rings is 2. The molecule has 0 aliphatic heterocycles. The van der Waals surface area contributed by atoms with Gasteiger partial charge in [-0.05, 0) is 42.8 Å². The number of hydrogen-bond donors (Lipinski definition) is 1. The lowest BCUT2D eigenvalue weighted by Gasteiger charge is -2.10. The number of methoxy groups -OCH3 is 1. The molecule has 0 atom stereocenters. The zero-order chi connectivity index (χ0) is 22.7. The molecule has 2 aromatic carbocycles. The molecule has 164 valence electrons. The molecule has 0 spiro atoms. The zero-order valence-corrected chi connectivity index (χ0v) is 18.4. The first-order valence-corrected chi connectivity index (χ1v) is 11.0. The maximum Gasteiger partial charge on any atom is 0.262 e. The smallest absolute Gasteiger partial charge is 0.262 e. The van der Waals surface area contributed by atoms with Gasteiger partial charge in [0.25, 0.3) is 11.5 Å². The third-order valence-corrected chi connectivity index (χ3v) is 5.79. The average molecular weight is 452 g/mol. The maximum atomic E-state index is 12.9. The fourth-order valence-corrected chi connectivity index (χ4v) is 4.10. The Morgan fingerprint density at radius 2 is 1.84 bits per heavy atom. The van der Waals surface area contributed by atoms with Crippen molar-refractivity contribution in [2.75, 3.05) is 12.9 Å². The standard InChI is InChI=1S/C22H21N5O4S/c1-3-12-26-20(30)16-6-4-5-7-17(16)27-21(26)24-25-22(27)32-13-18(28)23-19(29)14-8-10-15(31-2)11-9-14/h4-11H,3,12-13H2,1-2H3,(H,23,28,29). The predicted molar refractivity (Wildman–Crippen MR) is 121 cm³/mol. The van der Waals surface area contributed by atoms with E-state index in [1.807, 2.05) is 19.1 Å². The molecule has 2 heterocycles.